The van der Waals surface area contributed by atoms with Gasteiger partial charge in [0, 0.05) is 15.1 Å². The van der Waals surface area contributed by atoms with Gasteiger partial charge in [0.15, 0.2) is 0 Å². The maximum atomic E-state index is 5.72. The van der Waals surface area contributed by atoms with Crippen molar-refractivity contribution in [3.8, 4) is 5.75 Å². The summed E-state index contributed by atoms with van der Waals surface area (Å²) in [6.07, 6.45) is 1.14. The van der Waals surface area contributed by atoms with Crippen LogP contribution in [0, 0.1) is 5.92 Å². The number of hydrogen-bond acceptors (Lipinski definition) is 2. The zero-order chi connectivity index (χ0) is 11.4. The van der Waals surface area contributed by atoms with E-state index >= 15 is 0 Å². The highest BCUT2D eigenvalue weighted by atomic mass is 79.9. The second kappa shape index (κ2) is 6.31. The SMILES string of the molecule is Brc1ccc(OCCC2CSCC2Br)cc1. The smallest absolute Gasteiger partial charge is 0.119 e. The van der Waals surface area contributed by atoms with E-state index in [0.29, 0.717) is 4.83 Å². The Morgan fingerprint density at radius 2 is 2.00 bits per heavy atom. The van der Waals surface area contributed by atoms with Crippen LogP contribution < -0.4 is 4.74 Å². The molecule has 4 heteroatoms. The Morgan fingerprint density at radius 3 is 2.62 bits per heavy atom. The van der Waals surface area contributed by atoms with Crippen LogP contribution in [-0.4, -0.2) is 22.9 Å². The Kier molecular flexibility index (Phi) is 5.04. The van der Waals surface area contributed by atoms with E-state index in [9.17, 15) is 0 Å². The minimum atomic E-state index is 0.672. The molecule has 1 aromatic carbocycles. The van der Waals surface area contributed by atoms with Crippen molar-refractivity contribution in [1.82, 2.24) is 0 Å². The summed E-state index contributed by atoms with van der Waals surface area (Å²) in [5.41, 5.74) is 0. The molecule has 88 valence electrons. The van der Waals surface area contributed by atoms with Gasteiger partial charge in [0.2, 0.25) is 0 Å². The molecule has 2 atom stereocenters. The average molecular weight is 366 g/mol. The van der Waals surface area contributed by atoms with E-state index in [1.54, 1.807) is 0 Å². The van der Waals surface area contributed by atoms with E-state index in [0.717, 1.165) is 29.2 Å². The molecule has 1 fully saturated rings. The van der Waals surface area contributed by atoms with Gasteiger partial charge in [-0.2, -0.15) is 11.8 Å². The highest BCUT2D eigenvalue weighted by molar-refractivity contribution is 9.10. The molecule has 0 amide bonds. The minimum absolute atomic E-state index is 0.672. The van der Waals surface area contributed by atoms with Gasteiger partial charge in [-0.1, -0.05) is 31.9 Å². The van der Waals surface area contributed by atoms with Crippen molar-refractivity contribution in [3.63, 3.8) is 0 Å². The molecular weight excluding hydrogens is 352 g/mol. The normalized spacial score (nSPS) is 24.6. The van der Waals surface area contributed by atoms with Crippen LogP contribution in [0.3, 0.4) is 0 Å². The van der Waals surface area contributed by atoms with Crippen LogP contribution in [0.2, 0.25) is 0 Å². The molecule has 1 aromatic rings. The van der Waals surface area contributed by atoms with Gasteiger partial charge in [-0.3, -0.25) is 0 Å². The summed E-state index contributed by atoms with van der Waals surface area (Å²) in [6, 6.07) is 8.01. The fraction of sp³-hybridized carbons (Fsp3) is 0.500. The van der Waals surface area contributed by atoms with Gasteiger partial charge < -0.3 is 4.74 Å². The molecule has 1 aliphatic heterocycles. The first kappa shape index (κ1) is 12.8. The van der Waals surface area contributed by atoms with Crippen LogP contribution in [0.15, 0.2) is 28.7 Å². The molecular formula is C12H14Br2OS. The Labute approximate surface area is 118 Å². The number of thioether (sulfide) groups is 1. The molecule has 1 heterocycles. The van der Waals surface area contributed by atoms with Gasteiger partial charge >= 0.3 is 0 Å². The second-order valence-corrected chi connectivity index (χ2v) is 7.07. The summed E-state index contributed by atoms with van der Waals surface area (Å²) in [5, 5.41) is 0. The van der Waals surface area contributed by atoms with Crippen LogP contribution in [0.1, 0.15) is 6.42 Å². The zero-order valence-electron chi connectivity index (χ0n) is 8.86. The molecule has 2 unspecified atom stereocenters. The van der Waals surface area contributed by atoms with Crippen molar-refractivity contribution in [2.24, 2.45) is 5.92 Å². The van der Waals surface area contributed by atoms with E-state index in [-0.39, 0.29) is 0 Å². The molecule has 16 heavy (non-hydrogen) atoms. The highest BCUT2D eigenvalue weighted by Crippen LogP contribution is 2.32. The lowest BCUT2D eigenvalue weighted by molar-refractivity contribution is 0.287. The third kappa shape index (κ3) is 3.67. The summed E-state index contributed by atoms with van der Waals surface area (Å²) >= 11 is 9.16. The standard InChI is InChI=1S/C12H14Br2OS/c13-10-1-3-11(4-2-10)15-6-5-9-7-16-8-12(9)14/h1-4,9,12H,5-8H2. The van der Waals surface area contributed by atoms with Crippen molar-refractivity contribution < 1.29 is 4.74 Å². The van der Waals surface area contributed by atoms with Crippen LogP contribution in [0.4, 0.5) is 0 Å². The summed E-state index contributed by atoms with van der Waals surface area (Å²) in [5.74, 6) is 4.23. The number of ether oxygens (including phenoxy) is 1. The number of benzene rings is 1. The lowest BCUT2D eigenvalue weighted by Gasteiger charge is -2.13. The van der Waals surface area contributed by atoms with E-state index in [4.69, 9.17) is 4.74 Å². The summed E-state index contributed by atoms with van der Waals surface area (Å²) in [6.45, 7) is 0.814. The van der Waals surface area contributed by atoms with Gasteiger partial charge in [0.05, 0.1) is 6.61 Å². The third-order valence-electron chi connectivity index (χ3n) is 2.69. The first-order valence-electron chi connectivity index (χ1n) is 5.36. The molecule has 0 aromatic heterocycles. The van der Waals surface area contributed by atoms with Gasteiger partial charge in [-0.25, -0.2) is 0 Å². The Hall–Kier alpha value is 0.330. The molecule has 0 radical (unpaired) electrons. The molecule has 1 aliphatic rings. The maximum absolute atomic E-state index is 5.72. The van der Waals surface area contributed by atoms with Crippen LogP contribution >= 0.6 is 43.6 Å². The molecule has 0 saturated carbocycles. The molecule has 0 aliphatic carbocycles. The van der Waals surface area contributed by atoms with E-state index in [2.05, 4.69) is 31.9 Å². The monoisotopic (exact) mass is 364 g/mol. The van der Waals surface area contributed by atoms with Crippen molar-refractivity contribution in [2.75, 3.05) is 18.1 Å². The lowest BCUT2D eigenvalue weighted by atomic mass is 10.1. The second-order valence-electron chi connectivity index (χ2n) is 3.90. The molecule has 1 saturated heterocycles. The molecule has 0 bridgehead atoms. The fourth-order valence-electron chi connectivity index (χ4n) is 1.70. The van der Waals surface area contributed by atoms with Crippen LogP contribution in [0.25, 0.3) is 0 Å². The third-order valence-corrected chi connectivity index (χ3v) is 5.98. The first-order chi connectivity index (χ1) is 7.75. The van der Waals surface area contributed by atoms with Gasteiger partial charge in [-0.15, -0.1) is 0 Å². The highest BCUT2D eigenvalue weighted by Gasteiger charge is 2.24. The quantitative estimate of drug-likeness (QED) is 0.734. The molecule has 0 spiro atoms. The Balaban J connectivity index is 1.73. The van der Waals surface area contributed by atoms with E-state index < -0.39 is 0 Å². The average Bonchev–Trinajstić information content (AvgIpc) is 2.68. The lowest BCUT2D eigenvalue weighted by Crippen LogP contribution is -2.14. The number of hydrogen-bond donors (Lipinski definition) is 0. The van der Waals surface area contributed by atoms with E-state index in [1.807, 2.05) is 36.0 Å². The number of halogens is 2. The molecule has 0 N–H and O–H groups in total. The van der Waals surface area contributed by atoms with Crippen molar-refractivity contribution in [2.45, 2.75) is 11.2 Å². The van der Waals surface area contributed by atoms with Crippen molar-refractivity contribution >= 4 is 43.6 Å². The number of alkyl halides is 1. The predicted octanol–water partition coefficient (Wildman–Crippen LogP) is 4.34. The Bertz CT molecular complexity index is 328. The summed E-state index contributed by atoms with van der Waals surface area (Å²) in [4.78, 5) is 0.672. The van der Waals surface area contributed by atoms with Crippen LogP contribution in [0.5, 0.6) is 5.75 Å². The topological polar surface area (TPSA) is 9.23 Å². The van der Waals surface area contributed by atoms with Crippen molar-refractivity contribution in [3.05, 3.63) is 28.7 Å². The van der Waals surface area contributed by atoms with Crippen molar-refractivity contribution in [1.29, 1.82) is 0 Å². The zero-order valence-corrected chi connectivity index (χ0v) is 12.9. The predicted molar refractivity (Wildman–Crippen MR) is 77.8 cm³/mol. The Morgan fingerprint density at radius 1 is 1.25 bits per heavy atom. The molecule has 1 nitrogen and oxygen atoms in total. The van der Waals surface area contributed by atoms with Gasteiger partial charge in [0.1, 0.15) is 5.75 Å². The maximum Gasteiger partial charge on any atom is 0.119 e. The largest absolute Gasteiger partial charge is 0.494 e. The van der Waals surface area contributed by atoms with Crippen LogP contribution in [-0.2, 0) is 0 Å². The van der Waals surface area contributed by atoms with Gasteiger partial charge in [0.25, 0.3) is 0 Å². The number of rotatable bonds is 4. The first-order valence-corrected chi connectivity index (χ1v) is 8.22. The fourth-order valence-corrected chi connectivity index (χ4v) is 4.55. The minimum Gasteiger partial charge on any atom is -0.494 e. The summed E-state index contributed by atoms with van der Waals surface area (Å²) in [7, 11) is 0. The summed E-state index contributed by atoms with van der Waals surface area (Å²) < 4.78 is 6.81. The van der Waals surface area contributed by atoms with E-state index in [1.165, 1.54) is 11.5 Å². The van der Waals surface area contributed by atoms with Gasteiger partial charge in [-0.05, 0) is 42.4 Å². The molecule has 2 rings (SSSR count).